The van der Waals surface area contributed by atoms with Crippen LogP contribution in [-0.4, -0.2) is 46.0 Å². The molecule has 0 aromatic heterocycles. The summed E-state index contributed by atoms with van der Waals surface area (Å²) in [6.45, 7) is 4.08. The van der Waals surface area contributed by atoms with Gasteiger partial charge >= 0.3 is 0 Å². The number of nitrogens with zero attached hydrogens (tertiary/aromatic N) is 2. The summed E-state index contributed by atoms with van der Waals surface area (Å²) in [7, 11) is 4.54. The Hall–Kier alpha value is -3.22. The fraction of sp³-hybridized carbons (Fsp3) is 0.391. The number of nitrogens with one attached hydrogen (secondary N) is 1. The van der Waals surface area contributed by atoms with Crippen molar-refractivity contribution < 1.29 is 19.0 Å². The third kappa shape index (κ3) is 4.84. The topological polar surface area (TPSA) is 72.4 Å². The Morgan fingerprint density at radius 2 is 1.50 bits per heavy atom. The van der Waals surface area contributed by atoms with Crippen molar-refractivity contribution >= 4 is 17.3 Å². The molecule has 1 heterocycles. The molecule has 0 spiro atoms. The molecule has 7 nitrogen and oxygen atoms in total. The van der Waals surface area contributed by atoms with Crippen LogP contribution in [0.15, 0.2) is 41.5 Å². The molecule has 0 atom stereocenters. The summed E-state index contributed by atoms with van der Waals surface area (Å²) in [6, 6.07) is 11.5. The van der Waals surface area contributed by atoms with Gasteiger partial charge in [-0.2, -0.15) is 5.10 Å². The molecule has 0 radical (unpaired) electrons. The lowest BCUT2D eigenvalue weighted by Crippen LogP contribution is -2.29. The van der Waals surface area contributed by atoms with Crippen LogP contribution in [0.3, 0.4) is 0 Å². The Kier molecular flexibility index (Phi) is 7.17. The predicted molar refractivity (Wildman–Crippen MR) is 118 cm³/mol. The van der Waals surface area contributed by atoms with E-state index >= 15 is 0 Å². The monoisotopic (exact) mass is 411 g/mol. The minimum atomic E-state index is -0.362. The van der Waals surface area contributed by atoms with E-state index in [1.54, 1.807) is 12.1 Å². The number of ether oxygens (including phenoxy) is 3. The van der Waals surface area contributed by atoms with Gasteiger partial charge in [0.1, 0.15) is 0 Å². The Balaban J connectivity index is 1.71. The van der Waals surface area contributed by atoms with Gasteiger partial charge < -0.3 is 19.1 Å². The van der Waals surface area contributed by atoms with Crippen LogP contribution in [0.4, 0.5) is 5.69 Å². The zero-order valence-corrected chi connectivity index (χ0v) is 18.0. The number of hydrazone groups is 1. The van der Waals surface area contributed by atoms with Gasteiger partial charge in [0.2, 0.25) is 5.75 Å². The third-order valence-electron chi connectivity index (χ3n) is 5.26. The molecule has 0 aliphatic carbocycles. The number of anilines is 1. The normalized spacial score (nSPS) is 14.3. The van der Waals surface area contributed by atoms with Gasteiger partial charge in [-0.1, -0.05) is 12.1 Å². The fourth-order valence-electron chi connectivity index (χ4n) is 3.54. The highest BCUT2D eigenvalue weighted by atomic mass is 16.5. The van der Waals surface area contributed by atoms with Crippen LogP contribution in [0.1, 0.15) is 42.1 Å². The Labute approximate surface area is 177 Å². The number of amides is 1. The quantitative estimate of drug-likeness (QED) is 0.553. The van der Waals surface area contributed by atoms with Crippen molar-refractivity contribution in [3.63, 3.8) is 0 Å². The Bertz CT molecular complexity index is 878. The first-order valence-corrected chi connectivity index (χ1v) is 10.1. The first-order chi connectivity index (χ1) is 14.6. The predicted octanol–water partition coefficient (Wildman–Crippen LogP) is 3.86. The standard InChI is InChI=1S/C23H29N3O4/c1-16(17-8-10-19(11-9-17)26-12-6-5-7-13-26)24-25-23(27)18-14-20(28-2)22(30-4)21(15-18)29-3/h8-11,14-15H,5-7,12-13H2,1-4H3,(H,25,27)/b24-16-. The summed E-state index contributed by atoms with van der Waals surface area (Å²) < 4.78 is 15.9. The summed E-state index contributed by atoms with van der Waals surface area (Å²) in [4.78, 5) is 15.0. The second kappa shape index (κ2) is 10.0. The molecule has 0 bridgehead atoms. The number of carbonyl (C=O) groups is 1. The summed E-state index contributed by atoms with van der Waals surface area (Å²) >= 11 is 0. The van der Waals surface area contributed by atoms with E-state index in [0.717, 1.165) is 24.4 Å². The maximum Gasteiger partial charge on any atom is 0.271 e. The van der Waals surface area contributed by atoms with E-state index in [4.69, 9.17) is 14.2 Å². The SMILES string of the molecule is COc1cc(C(=O)N/N=C(/C)c2ccc(N3CCCCC3)cc2)cc(OC)c1OC. The molecule has 1 N–H and O–H groups in total. The van der Waals surface area contributed by atoms with Crippen molar-refractivity contribution in [3.05, 3.63) is 47.5 Å². The molecule has 30 heavy (non-hydrogen) atoms. The van der Waals surface area contributed by atoms with E-state index in [1.807, 2.05) is 19.1 Å². The fourth-order valence-corrected chi connectivity index (χ4v) is 3.54. The number of hydrogen-bond donors (Lipinski definition) is 1. The van der Waals surface area contributed by atoms with Gasteiger partial charge in [0.25, 0.3) is 5.91 Å². The first kappa shape index (κ1) is 21.5. The molecule has 0 saturated carbocycles. The van der Waals surface area contributed by atoms with E-state index in [9.17, 15) is 4.79 Å². The molecular formula is C23H29N3O4. The lowest BCUT2D eigenvalue weighted by atomic mass is 10.1. The molecule has 3 rings (SSSR count). The Morgan fingerprint density at radius 1 is 0.900 bits per heavy atom. The molecular weight excluding hydrogens is 382 g/mol. The zero-order chi connectivity index (χ0) is 21.5. The maximum absolute atomic E-state index is 12.6. The van der Waals surface area contributed by atoms with Crippen molar-refractivity contribution in [3.8, 4) is 17.2 Å². The van der Waals surface area contributed by atoms with Gasteiger partial charge in [-0.05, 0) is 56.0 Å². The molecule has 1 amide bonds. The summed E-state index contributed by atoms with van der Waals surface area (Å²) in [5.74, 6) is 0.899. The van der Waals surface area contributed by atoms with Crippen LogP contribution in [0.25, 0.3) is 0 Å². The van der Waals surface area contributed by atoms with Gasteiger partial charge in [-0.15, -0.1) is 0 Å². The van der Waals surface area contributed by atoms with Crippen molar-refractivity contribution in [1.29, 1.82) is 0 Å². The number of methoxy groups -OCH3 is 3. The van der Waals surface area contributed by atoms with Gasteiger partial charge in [0.15, 0.2) is 11.5 Å². The molecule has 0 unspecified atom stereocenters. The van der Waals surface area contributed by atoms with E-state index in [2.05, 4.69) is 27.6 Å². The average Bonchev–Trinajstić information content (AvgIpc) is 2.81. The minimum absolute atomic E-state index is 0.362. The molecule has 1 fully saturated rings. The largest absolute Gasteiger partial charge is 0.493 e. The van der Waals surface area contributed by atoms with Crippen LogP contribution in [0, 0.1) is 0 Å². The second-order valence-corrected chi connectivity index (χ2v) is 7.15. The van der Waals surface area contributed by atoms with Crippen LogP contribution in [0.2, 0.25) is 0 Å². The summed E-state index contributed by atoms with van der Waals surface area (Å²) in [5.41, 5.74) is 5.88. The van der Waals surface area contributed by atoms with Gasteiger partial charge in [0.05, 0.1) is 27.0 Å². The number of benzene rings is 2. The lowest BCUT2D eigenvalue weighted by Gasteiger charge is -2.28. The molecule has 160 valence electrons. The molecule has 1 aliphatic heterocycles. The summed E-state index contributed by atoms with van der Waals surface area (Å²) in [6.07, 6.45) is 3.80. The average molecular weight is 412 g/mol. The molecule has 1 saturated heterocycles. The molecule has 2 aromatic rings. The van der Waals surface area contributed by atoms with Crippen molar-refractivity contribution in [2.75, 3.05) is 39.3 Å². The number of rotatable bonds is 7. The minimum Gasteiger partial charge on any atom is -0.493 e. The highest BCUT2D eigenvalue weighted by molar-refractivity contribution is 6.01. The highest BCUT2D eigenvalue weighted by Crippen LogP contribution is 2.38. The highest BCUT2D eigenvalue weighted by Gasteiger charge is 2.17. The van der Waals surface area contributed by atoms with Crippen molar-refractivity contribution in [2.45, 2.75) is 26.2 Å². The van der Waals surface area contributed by atoms with Gasteiger partial charge in [0, 0.05) is 24.3 Å². The number of hydrogen-bond acceptors (Lipinski definition) is 6. The van der Waals surface area contributed by atoms with Crippen LogP contribution >= 0.6 is 0 Å². The Morgan fingerprint density at radius 3 is 2.03 bits per heavy atom. The van der Waals surface area contributed by atoms with Crippen LogP contribution in [-0.2, 0) is 0 Å². The van der Waals surface area contributed by atoms with E-state index in [0.29, 0.717) is 22.8 Å². The van der Waals surface area contributed by atoms with E-state index in [1.165, 1.54) is 46.3 Å². The molecule has 2 aromatic carbocycles. The van der Waals surface area contributed by atoms with Gasteiger partial charge in [-0.3, -0.25) is 4.79 Å². The lowest BCUT2D eigenvalue weighted by molar-refractivity contribution is 0.0954. The van der Waals surface area contributed by atoms with Crippen LogP contribution in [0.5, 0.6) is 17.2 Å². The first-order valence-electron chi connectivity index (χ1n) is 10.1. The molecule has 1 aliphatic rings. The zero-order valence-electron chi connectivity index (χ0n) is 18.0. The van der Waals surface area contributed by atoms with Crippen molar-refractivity contribution in [2.24, 2.45) is 5.10 Å². The smallest absolute Gasteiger partial charge is 0.271 e. The van der Waals surface area contributed by atoms with Gasteiger partial charge in [-0.25, -0.2) is 5.43 Å². The summed E-state index contributed by atoms with van der Waals surface area (Å²) in [5, 5.41) is 4.26. The van der Waals surface area contributed by atoms with E-state index < -0.39 is 0 Å². The van der Waals surface area contributed by atoms with Crippen molar-refractivity contribution in [1.82, 2.24) is 5.43 Å². The number of piperidine rings is 1. The van der Waals surface area contributed by atoms with Crippen LogP contribution < -0.4 is 24.5 Å². The van der Waals surface area contributed by atoms with E-state index in [-0.39, 0.29) is 5.91 Å². The second-order valence-electron chi connectivity index (χ2n) is 7.15. The number of carbonyl (C=O) groups excluding carboxylic acids is 1. The molecule has 7 heteroatoms. The third-order valence-corrected chi connectivity index (χ3v) is 5.26. The maximum atomic E-state index is 12.6.